The third-order valence-corrected chi connectivity index (χ3v) is 12.2. The Hall–Kier alpha value is -6.94. The fraction of sp³-hybridized carbons (Fsp3) is 0. The van der Waals surface area contributed by atoms with E-state index < -0.39 is 0 Å². The van der Waals surface area contributed by atoms with E-state index in [0.29, 0.717) is 0 Å². The molecule has 0 fully saturated rings. The molecule has 11 rings (SSSR count). The second-order valence-corrected chi connectivity index (χ2v) is 15.2. The number of fused-ring (bicyclic) bond motifs is 8. The highest BCUT2D eigenvalue weighted by Gasteiger charge is 2.18. The van der Waals surface area contributed by atoms with Crippen LogP contribution in [-0.4, -0.2) is 4.57 Å². The zero-order valence-corrected chi connectivity index (χ0v) is 30.7. The van der Waals surface area contributed by atoms with E-state index in [4.69, 9.17) is 0 Å². The van der Waals surface area contributed by atoms with Gasteiger partial charge in [0.05, 0.1) is 11.0 Å². The number of nitrogens with zero attached hydrogens (tertiary/aromatic N) is 2. The minimum atomic E-state index is 1.11. The molecule has 0 atom stereocenters. The fourth-order valence-corrected chi connectivity index (χ4v) is 9.57. The van der Waals surface area contributed by atoms with Crippen molar-refractivity contribution in [1.82, 2.24) is 4.57 Å². The van der Waals surface area contributed by atoms with E-state index in [-0.39, 0.29) is 0 Å². The van der Waals surface area contributed by atoms with Crippen LogP contribution in [0.2, 0.25) is 0 Å². The molecule has 2 aromatic heterocycles. The lowest BCUT2D eigenvalue weighted by Gasteiger charge is -2.26. The second kappa shape index (κ2) is 12.9. The molecular formula is C52H34N2S. The largest absolute Gasteiger partial charge is 0.310 e. The minimum Gasteiger partial charge on any atom is -0.310 e. The summed E-state index contributed by atoms with van der Waals surface area (Å²) in [5.41, 5.74) is 11.7. The van der Waals surface area contributed by atoms with E-state index >= 15 is 0 Å². The Balaban J connectivity index is 1.08. The lowest BCUT2D eigenvalue weighted by molar-refractivity contribution is 1.18. The molecular weight excluding hydrogens is 685 g/mol. The third kappa shape index (κ3) is 5.32. The standard InChI is InChI=1S/C52H34N2S/c1-4-13-35(14-5-1)36-23-27-42(28-24-36)53(40-16-6-2-7-17-40)43-20-12-15-37(31-43)38-26-30-49-47(32-38)48-34-46-39(33-50(48)54(49)41-18-8-3-9-19-41)25-29-45-44-21-10-11-22-51(44)55-52(45)46/h1-34H. The molecule has 11 aromatic rings. The van der Waals surface area contributed by atoms with Gasteiger partial charge in [-0.15, -0.1) is 11.3 Å². The average Bonchev–Trinajstić information content (AvgIpc) is 3.80. The van der Waals surface area contributed by atoms with Crippen LogP contribution < -0.4 is 4.90 Å². The molecule has 0 saturated heterocycles. The van der Waals surface area contributed by atoms with Crippen LogP contribution in [0.5, 0.6) is 0 Å². The highest BCUT2D eigenvalue weighted by atomic mass is 32.1. The number of rotatable bonds is 6. The molecule has 9 aromatic carbocycles. The quantitative estimate of drug-likeness (QED) is 0.166. The maximum absolute atomic E-state index is 2.45. The summed E-state index contributed by atoms with van der Waals surface area (Å²) in [7, 11) is 0. The van der Waals surface area contributed by atoms with E-state index in [1.807, 2.05) is 11.3 Å². The summed E-state index contributed by atoms with van der Waals surface area (Å²) in [6.45, 7) is 0. The van der Waals surface area contributed by atoms with Gasteiger partial charge in [0.25, 0.3) is 0 Å². The van der Waals surface area contributed by atoms with Gasteiger partial charge in [-0.05, 0) is 107 Å². The Morgan fingerprint density at radius 2 is 0.964 bits per heavy atom. The Morgan fingerprint density at radius 1 is 0.345 bits per heavy atom. The number of thiophene rings is 1. The van der Waals surface area contributed by atoms with Gasteiger partial charge in [-0.3, -0.25) is 0 Å². The van der Waals surface area contributed by atoms with Gasteiger partial charge < -0.3 is 9.47 Å². The Morgan fingerprint density at radius 3 is 1.78 bits per heavy atom. The van der Waals surface area contributed by atoms with Gasteiger partial charge in [0.1, 0.15) is 0 Å². The van der Waals surface area contributed by atoms with Crippen LogP contribution in [0, 0.1) is 0 Å². The van der Waals surface area contributed by atoms with Crippen LogP contribution in [-0.2, 0) is 0 Å². The van der Waals surface area contributed by atoms with Crippen LogP contribution in [0.25, 0.3) is 80.7 Å². The summed E-state index contributed by atoms with van der Waals surface area (Å²) >= 11 is 1.90. The summed E-state index contributed by atoms with van der Waals surface area (Å²) < 4.78 is 5.11. The highest BCUT2D eigenvalue weighted by Crippen LogP contribution is 2.43. The third-order valence-electron chi connectivity index (χ3n) is 10.9. The lowest BCUT2D eigenvalue weighted by atomic mass is 10.00. The molecule has 0 spiro atoms. The highest BCUT2D eigenvalue weighted by molar-refractivity contribution is 7.26. The Bertz CT molecular complexity index is 3180. The normalized spacial score (nSPS) is 11.6. The number of hydrogen-bond acceptors (Lipinski definition) is 2. The van der Waals surface area contributed by atoms with E-state index in [0.717, 1.165) is 22.7 Å². The molecule has 0 bridgehead atoms. The van der Waals surface area contributed by atoms with Gasteiger partial charge in [0.15, 0.2) is 0 Å². The SMILES string of the molecule is c1ccc(-c2ccc(N(c3ccccc3)c3cccc(-c4ccc5c(c4)c4cc6c(ccc7c8ccccc8sc67)cc4n5-c4ccccc4)c3)cc2)cc1. The van der Waals surface area contributed by atoms with Crippen LogP contribution >= 0.6 is 11.3 Å². The zero-order chi connectivity index (χ0) is 36.3. The van der Waals surface area contributed by atoms with Gasteiger partial charge in [0, 0.05) is 59.1 Å². The first kappa shape index (κ1) is 31.6. The maximum Gasteiger partial charge on any atom is 0.0547 e. The molecule has 3 heteroatoms. The molecule has 0 saturated carbocycles. The molecule has 0 radical (unpaired) electrons. The van der Waals surface area contributed by atoms with E-state index in [2.05, 4.69) is 216 Å². The number of anilines is 3. The molecule has 0 unspecified atom stereocenters. The van der Waals surface area contributed by atoms with Crippen molar-refractivity contribution in [2.75, 3.05) is 4.90 Å². The van der Waals surface area contributed by atoms with Gasteiger partial charge in [-0.1, -0.05) is 127 Å². The van der Waals surface area contributed by atoms with Crippen molar-refractivity contribution in [1.29, 1.82) is 0 Å². The summed E-state index contributed by atoms with van der Waals surface area (Å²) in [5.74, 6) is 0. The fourth-order valence-electron chi connectivity index (χ4n) is 8.34. The van der Waals surface area contributed by atoms with Crippen LogP contribution in [0.4, 0.5) is 17.1 Å². The van der Waals surface area contributed by atoms with Crippen molar-refractivity contribution in [2.45, 2.75) is 0 Å². The molecule has 0 N–H and O–H groups in total. The maximum atomic E-state index is 2.45. The van der Waals surface area contributed by atoms with Crippen LogP contribution in [0.1, 0.15) is 0 Å². The average molecular weight is 719 g/mol. The van der Waals surface area contributed by atoms with Gasteiger partial charge in [-0.2, -0.15) is 0 Å². The smallest absolute Gasteiger partial charge is 0.0547 e. The number of para-hydroxylation sites is 2. The Kier molecular flexibility index (Phi) is 7.39. The van der Waals surface area contributed by atoms with Crippen molar-refractivity contribution in [3.63, 3.8) is 0 Å². The Labute approximate surface area is 323 Å². The summed E-state index contributed by atoms with van der Waals surface area (Å²) in [5, 5.41) is 7.74. The first-order chi connectivity index (χ1) is 27.3. The van der Waals surface area contributed by atoms with Crippen molar-refractivity contribution in [3.8, 4) is 27.9 Å². The first-order valence-corrected chi connectivity index (χ1v) is 19.6. The van der Waals surface area contributed by atoms with Gasteiger partial charge in [-0.25, -0.2) is 0 Å². The molecule has 2 nitrogen and oxygen atoms in total. The molecule has 0 amide bonds. The predicted molar refractivity (Wildman–Crippen MR) is 237 cm³/mol. The molecule has 258 valence electrons. The molecule has 55 heavy (non-hydrogen) atoms. The van der Waals surface area contributed by atoms with Crippen LogP contribution in [0.3, 0.4) is 0 Å². The number of aromatic nitrogens is 1. The van der Waals surface area contributed by atoms with Gasteiger partial charge >= 0.3 is 0 Å². The predicted octanol–water partition coefficient (Wildman–Crippen LogP) is 15.1. The van der Waals surface area contributed by atoms with E-state index in [1.165, 1.54) is 75.0 Å². The summed E-state index contributed by atoms with van der Waals surface area (Å²) in [6, 6.07) is 75.0. The van der Waals surface area contributed by atoms with Gasteiger partial charge in [0.2, 0.25) is 0 Å². The monoisotopic (exact) mass is 718 g/mol. The summed E-state index contributed by atoms with van der Waals surface area (Å²) in [6.07, 6.45) is 0. The van der Waals surface area contributed by atoms with E-state index in [1.54, 1.807) is 0 Å². The van der Waals surface area contributed by atoms with Crippen molar-refractivity contribution in [2.24, 2.45) is 0 Å². The molecule has 0 aliphatic carbocycles. The number of hydrogen-bond donors (Lipinski definition) is 0. The van der Waals surface area contributed by atoms with Crippen molar-refractivity contribution in [3.05, 3.63) is 206 Å². The van der Waals surface area contributed by atoms with Crippen molar-refractivity contribution < 1.29 is 0 Å². The molecule has 0 aliphatic heterocycles. The summed E-state index contributed by atoms with van der Waals surface area (Å²) in [4.78, 5) is 2.35. The number of benzene rings is 9. The second-order valence-electron chi connectivity index (χ2n) is 14.2. The first-order valence-electron chi connectivity index (χ1n) is 18.8. The topological polar surface area (TPSA) is 8.17 Å². The molecule has 2 heterocycles. The minimum absolute atomic E-state index is 1.11. The van der Waals surface area contributed by atoms with Crippen molar-refractivity contribution >= 4 is 81.1 Å². The zero-order valence-electron chi connectivity index (χ0n) is 29.9. The van der Waals surface area contributed by atoms with Crippen LogP contribution in [0.15, 0.2) is 206 Å². The lowest BCUT2D eigenvalue weighted by Crippen LogP contribution is -2.09. The molecule has 0 aliphatic rings. The van der Waals surface area contributed by atoms with E-state index in [9.17, 15) is 0 Å².